The molecule has 5 rings (SSSR count). The van der Waals surface area contributed by atoms with Crippen LogP contribution in [0, 0.1) is 20.8 Å². The van der Waals surface area contributed by atoms with Gasteiger partial charge in [0.15, 0.2) is 0 Å². The maximum atomic E-state index is 12.9. The highest BCUT2D eigenvalue weighted by atomic mass is 32.2. The summed E-state index contributed by atoms with van der Waals surface area (Å²) in [4.78, 5) is 4.63. The number of benzene rings is 3. The molecule has 0 radical (unpaired) electrons. The molecule has 8 heteroatoms. The van der Waals surface area contributed by atoms with Gasteiger partial charge in [0.1, 0.15) is 6.04 Å². The highest BCUT2D eigenvalue weighted by Crippen LogP contribution is 2.33. The van der Waals surface area contributed by atoms with Gasteiger partial charge in [-0.25, -0.2) is 17.8 Å². The van der Waals surface area contributed by atoms with Crippen LogP contribution in [0.1, 0.15) is 33.9 Å². The summed E-state index contributed by atoms with van der Waals surface area (Å²) in [5, 5.41) is 7.82. The molecule has 34 heavy (non-hydrogen) atoms. The molecular weight excluding hydrogens is 446 g/mol. The number of allylic oxidation sites excluding steroid dienone is 1. The van der Waals surface area contributed by atoms with Crippen molar-refractivity contribution in [2.75, 3.05) is 10.0 Å². The van der Waals surface area contributed by atoms with Crippen molar-refractivity contribution in [1.29, 1.82) is 0 Å². The van der Waals surface area contributed by atoms with Crippen LogP contribution in [0.2, 0.25) is 0 Å². The molecular formula is C26H25N5O2S. The van der Waals surface area contributed by atoms with Gasteiger partial charge < -0.3 is 5.32 Å². The predicted octanol–water partition coefficient (Wildman–Crippen LogP) is 5.06. The molecule has 0 bridgehead atoms. The third-order valence-corrected chi connectivity index (χ3v) is 7.15. The van der Waals surface area contributed by atoms with Crippen LogP contribution < -0.4 is 10.0 Å². The number of aryl methyl sites for hydroxylation is 3. The molecule has 0 unspecified atom stereocenters. The number of aromatic nitrogens is 3. The standard InChI is InChI=1S/C26H25N5O2S/c1-17-4-10-20(11-5-17)23-16-24(21-12-6-18(2)7-13-21)31-26(27-23)28-25(29-31)30-34(32,33)22-14-8-19(3)9-15-22/h4-16,24H,1-3H3,(H2,27,28,29,30)/t24-/m0/s1. The van der Waals surface area contributed by atoms with E-state index in [9.17, 15) is 8.42 Å². The molecule has 3 aromatic carbocycles. The first-order valence-corrected chi connectivity index (χ1v) is 12.5. The van der Waals surface area contributed by atoms with Gasteiger partial charge in [0.25, 0.3) is 16.0 Å². The van der Waals surface area contributed by atoms with Gasteiger partial charge in [-0.05, 0) is 50.1 Å². The van der Waals surface area contributed by atoms with Crippen LogP contribution in [-0.4, -0.2) is 23.2 Å². The maximum Gasteiger partial charge on any atom is 0.264 e. The van der Waals surface area contributed by atoms with Gasteiger partial charge in [0, 0.05) is 5.70 Å². The number of nitrogens with one attached hydrogen (secondary N) is 2. The fourth-order valence-corrected chi connectivity index (χ4v) is 4.77. The largest absolute Gasteiger partial charge is 0.324 e. The van der Waals surface area contributed by atoms with E-state index in [2.05, 4.69) is 50.5 Å². The number of hydrogen-bond acceptors (Lipinski definition) is 5. The maximum absolute atomic E-state index is 12.9. The Hall–Kier alpha value is -3.91. The molecule has 4 aromatic rings. The molecule has 0 amide bonds. The van der Waals surface area contributed by atoms with E-state index in [1.807, 2.05) is 45.0 Å². The normalized spacial score (nSPS) is 15.3. The monoisotopic (exact) mass is 471 g/mol. The van der Waals surface area contributed by atoms with Crippen molar-refractivity contribution in [2.24, 2.45) is 0 Å². The molecule has 172 valence electrons. The zero-order valence-electron chi connectivity index (χ0n) is 19.1. The molecule has 0 saturated heterocycles. The minimum absolute atomic E-state index is 0.0127. The van der Waals surface area contributed by atoms with Crippen LogP contribution in [0.25, 0.3) is 5.70 Å². The summed E-state index contributed by atoms with van der Waals surface area (Å²) in [7, 11) is -3.82. The van der Waals surface area contributed by atoms with Crippen LogP contribution in [0.4, 0.5) is 11.9 Å². The number of anilines is 2. The summed E-state index contributed by atoms with van der Waals surface area (Å²) in [5.74, 6) is 0.476. The third-order valence-electron chi connectivity index (χ3n) is 5.80. The Balaban J connectivity index is 1.53. The molecule has 0 aliphatic carbocycles. The Kier molecular flexibility index (Phi) is 5.45. The van der Waals surface area contributed by atoms with E-state index < -0.39 is 10.0 Å². The van der Waals surface area contributed by atoms with Gasteiger partial charge in [-0.3, -0.25) is 0 Å². The SMILES string of the molecule is Cc1ccc(C2=C[C@@H](c3ccc(C)cc3)n3nc(NS(=O)(=O)c4ccc(C)cc4)nc3N2)cc1. The fourth-order valence-electron chi connectivity index (χ4n) is 3.84. The minimum atomic E-state index is -3.82. The van der Waals surface area contributed by atoms with Crippen molar-refractivity contribution in [3.05, 3.63) is 107 Å². The summed E-state index contributed by atoms with van der Waals surface area (Å²) in [6, 6.07) is 22.8. The van der Waals surface area contributed by atoms with Crippen molar-refractivity contribution in [1.82, 2.24) is 14.8 Å². The molecule has 1 aliphatic rings. The first-order valence-electron chi connectivity index (χ1n) is 11.0. The second-order valence-electron chi connectivity index (χ2n) is 8.55. The first kappa shape index (κ1) is 21.9. The van der Waals surface area contributed by atoms with E-state index in [1.165, 1.54) is 5.56 Å². The van der Waals surface area contributed by atoms with Gasteiger partial charge >= 0.3 is 0 Å². The lowest BCUT2D eigenvalue weighted by Crippen LogP contribution is -2.20. The van der Waals surface area contributed by atoms with E-state index in [0.717, 1.165) is 28.0 Å². The second-order valence-corrected chi connectivity index (χ2v) is 10.2. The number of rotatable bonds is 5. The number of sulfonamides is 1. The first-order chi connectivity index (χ1) is 16.3. The minimum Gasteiger partial charge on any atom is -0.324 e. The van der Waals surface area contributed by atoms with Gasteiger partial charge in [0.2, 0.25) is 5.95 Å². The van der Waals surface area contributed by atoms with Crippen LogP contribution in [0.3, 0.4) is 0 Å². The van der Waals surface area contributed by atoms with E-state index in [-0.39, 0.29) is 16.9 Å². The van der Waals surface area contributed by atoms with Gasteiger partial charge in [0.05, 0.1) is 4.90 Å². The smallest absolute Gasteiger partial charge is 0.264 e. The molecule has 1 aliphatic heterocycles. The van der Waals surface area contributed by atoms with Crippen molar-refractivity contribution in [3.63, 3.8) is 0 Å². The highest BCUT2D eigenvalue weighted by Gasteiger charge is 2.27. The van der Waals surface area contributed by atoms with Crippen molar-refractivity contribution < 1.29 is 8.42 Å². The average Bonchev–Trinajstić information content (AvgIpc) is 3.21. The predicted molar refractivity (Wildman–Crippen MR) is 134 cm³/mol. The van der Waals surface area contributed by atoms with Crippen LogP contribution in [0.15, 0.2) is 83.8 Å². The molecule has 1 atom stereocenters. The zero-order chi connectivity index (χ0) is 23.9. The average molecular weight is 472 g/mol. The van der Waals surface area contributed by atoms with E-state index >= 15 is 0 Å². The lowest BCUT2D eigenvalue weighted by atomic mass is 10.0. The topological polar surface area (TPSA) is 88.9 Å². The molecule has 7 nitrogen and oxygen atoms in total. The Labute approximate surface area is 199 Å². The van der Waals surface area contributed by atoms with Crippen LogP contribution >= 0.6 is 0 Å². The molecule has 0 fully saturated rings. The van der Waals surface area contributed by atoms with E-state index in [1.54, 1.807) is 28.9 Å². The van der Waals surface area contributed by atoms with E-state index in [0.29, 0.717) is 5.95 Å². The Morgan fingerprint density at radius 1 is 0.824 bits per heavy atom. The summed E-state index contributed by atoms with van der Waals surface area (Å²) in [6.45, 7) is 5.99. The van der Waals surface area contributed by atoms with Gasteiger partial charge in [-0.2, -0.15) is 4.98 Å². The van der Waals surface area contributed by atoms with Crippen LogP contribution in [-0.2, 0) is 10.0 Å². The van der Waals surface area contributed by atoms with Crippen molar-refractivity contribution >= 4 is 27.6 Å². The fraction of sp³-hybridized carbons (Fsp3) is 0.154. The Morgan fingerprint density at radius 3 is 2.00 bits per heavy atom. The van der Waals surface area contributed by atoms with Gasteiger partial charge in [-0.15, -0.1) is 5.10 Å². The quantitative estimate of drug-likeness (QED) is 0.425. The molecule has 2 heterocycles. The highest BCUT2D eigenvalue weighted by molar-refractivity contribution is 7.92. The molecule has 0 saturated carbocycles. The number of hydrogen-bond donors (Lipinski definition) is 2. The molecule has 0 spiro atoms. The molecule has 1 aromatic heterocycles. The van der Waals surface area contributed by atoms with Crippen LogP contribution in [0.5, 0.6) is 0 Å². The molecule has 2 N–H and O–H groups in total. The lowest BCUT2D eigenvalue weighted by molar-refractivity contribution is 0.598. The lowest BCUT2D eigenvalue weighted by Gasteiger charge is -2.24. The van der Waals surface area contributed by atoms with Crippen molar-refractivity contribution in [2.45, 2.75) is 31.7 Å². The van der Waals surface area contributed by atoms with Gasteiger partial charge in [-0.1, -0.05) is 77.4 Å². The summed E-state index contributed by atoms with van der Waals surface area (Å²) < 4.78 is 30.0. The Bertz CT molecular complexity index is 1470. The second kappa shape index (κ2) is 8.46. The van der Waals surface area contributed by atoms with Crippen molar-refractivity contribution in [3.8, 4) is 0 Å². The summed E-state index contributed by atoms with van der Waals surface area (Å²) in [6.07, 6.45) is 2.08. The number of nitrogens with zero attached hydrogens (tertiary/aromatic N) is 3. The zero-order valence-corrected chi connectivity index (χ0v) is 20.0. The number of fused-ring (bicyclic) bond motifs is 1. The third kappa shape index (κ3) is 4.32. The van der Waals surface area contributed by atoms with E-state index in [4.69, 9.17) is 0 Å². The summed E-state index contributed by atoms with van der Waals surface area (Å²) in [5.41, 5.74) is 6.24. The Morgan fingerprint density at radius 2 is 1.38 bits per heavy atom. The summed E-state index contributed by atoms with van der Waals surface area (Å²) >= 11 is 0.